The molecule has 1 aromatic heterocycles. The van der Waals surface area contributed by atoms with Gasteiger partial charge in [0.2, 0.25) is 5.91 Å². The van der Waals surface area contributed by atoms with Crippen molar-refractivity contribution in [2.75, 3.05) is 6.54 Å². The Morgan fingerprint density at radius 3 is 2.96 bits per heavy atom. The molecule has 3 rings (SSSR count). The Labute approximate surface area is 149 Å². The van der Waals surface area contributed by atoms with Gasteiger partial charge in [0, 0.05) is 36.9 Å². The summed E-state index contributed by atoms with van der Waals surface area (Å²) in [4.78, 5) is 31.9. The fraction of sp³-hybridized carbons (Fsp3) is 0.316. The molecule has 134 valence electrons. The maximum Gasteiger partial charge on any atom is 0.252 e. The molecular weight excluding hydrogens is 316 g/mol. The van der Waals surface area contributed by atoms with Crippen LogP contribution >= 0.6 is 0 Å². The van der Waals surface area contributed by atoms with E-state index in [-0.39, 0.29) is 26.8 Å². The average Bonchev–Trinajstić information content (AvgIpc) is 2.59. The predicted molar refractivity (Wildman–Crippen MR) is 103 cm³/mol. The standard InChI is InChI=1S/C19H22N4O2.2H2/c1-11-15(19(25)23-16-6-8-21-13(3)18(11)16)9-17(24)22-12(2)14-5-4-7-20-10-14;;/h4-6,8,10,12,21H,7,9H2,1-3H3,(H,22,24)(H,23,25);2*1H/t12-;;/m1../s1. The number of amides is 1. The van der Waals surface area contributed by atoms with Crippen LogP contribution in [-0.4, -0.2) is 29.7 Å². The molecular formula is C19H26N4O2. The van der Waals surface area contributed by atoms with E-state index in [4.69, 9.17) is 0 Å². The lowest BCUT2D eigenvalue weighted by atomic mass is 9.99. The van der Waals surface area contributed by atoms with E-state index in [9.17, 15) is 9.59 Å². The molecule has 0 spiro atoms. The van der Waals surface area contributed by atoms with Crippen LogP contribution in [0.3, 0.4) is 0 Å². The van der Waals surface area contributed by atoms with Crippen LogP contribution in [-0.2, 0) is 11.2 Å². The number of aromatic nitrogens is 1. The molecule has 6 heteroatoms. The number of nitrogens with zero attached hydrogens (tertiary/aromatic N) is 1. The second-order valence-corrected chi connectivity index (χ2v) is 6.31. The van der Waals surface area contributed by atoms with Crippen molar-refractivity contribution in [2.24, 2.45) is 4.99 Å². The third kappa shape index (κ3) is 3.57. The second kappa shape index (κ2) is 7.09. The van der Waals surface area contributed by atoms with Crippen molar-refractivity contribution in [1.82, 2.24) is 15.6 Å². The monoisotopic (exact) mass is 342 g/mol. The molecule has 2 aliphatic heterocycles. The predicted octanol–water partition coefficient (Wildman–Crippen LogP) is 0.111. The number of rotatable bonds is 4. The number of carbonyl (C=O) groups excluding carboxylic acids is 1. The summed E-state index contributed by atoms with van der Waals surface area (Å²) >= 11 is 0. The van der Waals surface area contributed by atoms with Crippen molar-refractivity contribution in [3.63, 3.8) is 0 Å². The zero-order valence-electron chi connectivity index (χ0n) is 14.6. The summed E-state index contributed by atoms with van der Waals surface area (Å²) < 4.78 is 0. The molecule has 3 N–H and O–H groups in total. The van der Waals surface area contributed by atoms with Gasteiger partial charge in [0.25, 0.3) is 5.56 Å². The van der Waals surface area contributed by atoms with Crippen molar-refractivity contribution in [3.05, 3.63) is 56.7 Å². The van der Waals surface area contributed by atoms with Crippen LogP contribution in [0, 0.1) is 19.4 Å². The van der Waals surface area contributed by atoms with E-state index in [1.165, 1.54) is 0 Å². The maximum atomic E-state index is 12.4. The topological polar surface area (TPSA) is 86.3 Å². The van der Waals surface area contributed by atoms with E-state index >= 15 is 0 Å². The highest BCUT2D eigenvalue weighted by molar-refractivity contribution is 5.84. The number of hydrogen-bond donors (Lipinski definition) is 3. The van der Waals surface area contributed by atoms with Crippen molar-refractivity contribution in [2.45, 2.75) is 33.2 Å². The number of nitrogens with one attached hydrogen (secondary N) is 3. The molecule has 1 atom stereocenters. The molecule has 0 aliphatic carbocycles. The largest absolute Gasteiger partial charge is 0.379 e. The Morgan fingerprint density at radius 2 is 2.24 bits per heavy atom. The summed E-state index contributed by atoms with van der Waals surface area (Å²) in [6.45, 7) is 8.20. The van der Waals surface area contributed by atoms with Crippen molar-refractivity contribution < 1.29 is 7.65 Å². The van der Waals surface area contributed by atoms with Gasteiger partial charge < -0.3 is 15.6 Å². The van der Waals surface area contributed by atoms with Gasteiger partial charge in [-0.3, -0.25) is 14.6 Å². The average molecular weight is 342 g/mol. The molecule has 0 saturated carbocycles. The van der Waals surface area contributed by atoms with Gasteiger partial charge in [-0.05, 0) is 32.4 Å². The third-order valence-corrected chi connectivity index (χ3v) is 4.52. The molecule has 6 nitrogen and oxygen atoms in total. The minimum absolute atomic E-state index is 0. The molecule has 0 saturated heterocycles. The summed E-state index contributed by atoms with van der Waals surface area (Å²) in [7, 11) is 0. The fourth-order valence-electron chi connectivity index (χ4n) is 3.17. The normalized spacial score (nSPS) is 17.5. The van der Waals surface area contributed by atoms with Crippen LogP contribution in [0.4, 0.5) is 0 Å². The van der Waals surface area contributed by atoms with Crippen LogP contribution in [0.1, 0.15) is 27.8 Å². The lowest BCUT2D eigenvalue weighted by molar-refractivity contribution is -0.120. The van der Waals surface area contributed by atoms with Crippen molar-refractivity contribution >= 4 is 23.9 Å². The first-order valence-electron chi connectivity index (χ1n) is 8.32. The summed E-state index contributed by atoms with van der Waals surface area (Å²) in [6, 6.07) is -0.150. The summed E-state index contributed by atoms with van der Waals surface area (Å²) in [5.41, 5.74) is 2.08. The van der Waals surface area contributed by atoms with E-state index in [1.807, 2.05) is 39.0 Å². The van der Waals surface area contributed by atoms with Gasteiger partial charge in [0.05, 0.1) is 25.4 Å². The van der Waals surface area contributed by atoms with Crippen LogP contribution in [0.2, 0.25) is 0 Å². The quantitative estimate of drug-likeness (QED) is 0.726. The highest BCUT2D eigenvalue weighted by Gasteiger charge is 2.19. The first-order chi connectivity index (χ1) is 12.0. The van der Waals surface area contributed by atoms with Crippen LogP contribution in [0.5, 0.6) is 0 Å². The minimum atomic E-state index is -0.217. The van der Waals surface area contributed by atoms with Gasteiger partial charge in [-0.15, -0.1) is 0 Å². The van der Waals surface area contributed by atoms with Crippen molar-refractivity contribution in [3.8, 4) is 0 Å². The lowest BCUT2D eigenvalue weighted by Crippen LogP contribution is -2.45. The number of aromatic amines is 1. The number of fused-ring (bicyclic) bond motifs is 1. The number of carbonyl (C=O) groups is 1. The molecule has 0 fully saturated rings. The molecule has 2 radical (unpaired) electrons. The molecule has 25 heavy (non-hydrogen) atoms. The van der Waals surface area contributed by atoms with Gasteiger partial charge >= 0.3 is 0 Å². The smallest absolute Gasteiger partial charge is 0.252 e. The van der Waals surface area contributed by atoms with Crippen molar-refractivity contribution in [1.29, 1.82) is 0 Å². The SMILES string of the molecule is CC1=c2c(C)c(CC(=O)N[C@H](C)[C]3C=CCN=C3)c(=O)[nH]c2=C[CH]N1.[HH].[HH]. The van der Waals surface area contributed by atoms with Gasteiger partial charge in [-0.25, -0.2) is 0 Å². The molecule has 2 aliphatic rings. The minimum Gasteiger partial charge on any atom is -0.379 e. The zero-order valence-corrected chi connectivity index (χ0v) is 14.6. The molecule has 0 aromatic carbocycles. The van der Waals surface area contributed by atoms with E-state index in [1.54, 1.807) is 12.8 Å². The fourth-order valence-corrected chi connectivity index (χ4v) is 3.17. The van der Waals surface area contributed by atoms with Gasteiger partial charge in [0.1, 0.15) is 0 Å². The Kier molecular flexibility index (Phi) is 4.88. The highest BCUT2D eigenvalue weighted by Crippen LogP contribution is 2.09. The van der Waals surface area contributed by atoms with Gasteiger partial charge in [-0.2, -0.15) is 0 Å². The van der Waals surface area contributed by atoms with Crippen LogP contribution in [0.15, 0.2) is 21.9 Å². The molecule has 1 amide bonds. The molecule has 3 heterocycles. The van der Waals surface area contributed by atoms with E-state index in [0.717, 1.165) is 27.7 Å². The second-order valence-electron chi connectivity index (χ2n) is 6.31. The number of aliphatic imine (C=N–C) groups is 1. The molecule has 1 aromatic rings. The Morgan fingerprint density at radius 1 is 1.44 bits per heavy atom. The van der Waals surface area contributed by atoms with Gasteiger partial charge in [0.15, 0.2) is 0 Å². The van der Waals surface area contributed by atoms with Gasteiger partial charge in [-0.1, -0.05) is 12.2 Å². The lowest BCUT2D eigenvalue weighted by Gasteiger charge is -2.20. The Hall–Kier alpha value is -2.63. The molecule has 0 bridgehead atoms. The number of H-pyrrole nitrogens is 1. The first-order valence-corrected chi connectivity index (χ1v) is 8.32. The number of dihydropyridines is 1. The summed E-state index contributed by atoms with van der Waals surface area (Å²) in [6.07, 6.45) is 7.57. The molecule has 0 unspecified atom stereocenters. The first kappa shape index (κ1) is 17.2. The zero-order chi connectivity index (χ0) is 18.0. The highest BCUT2D eigenvalue weighted by atomic mass is 16.2. The number of pyridine rings is 1. The van der Waals surface area contributed by atoms with E-state index in [0.29, 0.717) is 12.1 Å². The van der Waals surface area contributed by atoms with E-state index in [2.05, 4.69) is 20.6 Å². The van der Waals surface area contributed by atoms with Crippen LogP contribution < -0.4 is 26.8 Å². The summed E-state index contributed by atoms with van der Waals surface area (Å²) in [5.74, 6) is 0.770. The van der Waals surface area contributed by atoms with E-state index < -0.39 is 0 Å². The maximum absolute atomic E-state index is 12.4. The number of hydrogen-bond acceptors (Lipinski definition) is 4. The summed E-state index contributed by atoms with van der Waals surface area (Å²) in [5, 5.41) is 7.81. The Bertz CT molecular complexity index is 922. The third-order valence-electron chi connectivity index (χ3n) is 4.52. The Balaban J connectivity index is 0.00000182. The van der Waals surface area contributed by atoms with Crippen LogP contribution in [0.25, 0.3) is 11.8 Å².